The first kappa shape index (κ1) is 20.3. The highest BCUT2D eigenvalue weighted by molar-refractivity contribution is 7.80. The van der Waals surface area contributed by atoms with E-state index >= 15 is 0 Å². The second-order valence-corrected chi connectivity index (χ2v) is 7.82. The van der Waals surface area contributed by atoms with Crippen molar-refractivity contribution in [2.75, 3.05) is 13.7 Å². The SMILES string of the molecule is COC(=O)CCN1C(=S)N[C@H](c2ccccn2)[C@H]1c1cc(C)n(C(C)C)c1C. The smallest absolute Gasteiger partial charge is 0.307 e. The topological polar surface area (TPSA) is 59.4 Å². The summed E-state index contributed by atoms with van der Waals surface area (Å²) in [5, 5.41) is 4.07. The maximum absolute atomic E-state index is 11.8. The molecular formula is C21H28N4O2S. The third-order valence-corrected chi connectivity index (χ3v) is 5.69. The average molecular weight is 401 g/mol. The molecule has 7 heteroatoms. The molecule has 2 aromatic heterocycles. The Morgan fingerprint density at radius 3 is 2.68 bits per heavy atom. The van der Waals surface area contributed by atoms with Gasteiger partial charge < -0.3 is 19.5 Å². The van der Waals surface area contributed by atoms with E-state index in [2.05, 4.69) is 53.5 Å². The second kappa shape index (κ2) is 8.31. The van der Waals surface area contributed by atoms with E-state index in [0.29, 0.717) is 17.7 Å². The monoisotopic (exact) mass is 400 g/mol. The number of hydrogen-bond donors (Lipinski definition) is 1. The van der Waals surface area contributed by atoms with Crippen molar-refractivity contribution in [3.05, 3.63) is 53.1 Å². The van der Waals surface area contributed by atoms with E-state index in [1.54, 1.807) is 6.20 Å². The van der Waals surface area contributed by atoms with Crippen molar-refractivity contribution in [1.29, 1.82) is 0 Å². The van der Waals surface area contributed by atoms with Crippen LogP contribution in [0.4, 0.5) is 0 Å². The number of hydrogen-bond acceptors (Lipinski definition) is 4. The molecule has 0 unspecified atom stereocenters. The number of aryl methyl sites for hydroxylation is 1. The Bertz CT molecular complexity index is 863. The fraction of sp³-hybridized carbons (Fsp3) is 0.476. The summed E-state index contributed by atoms with van der Waals surface area (Å²) in [5.74, 6) is -0.240. The van der Waals surface area contributed by atoms with Crippen molar-refractivity contribution in [3.63, 3.8) is 0 Å². The van der Waals surface area contributed by atoms with Gasteiger partial charge >= 0.3 is 5.97 Å². The lowest BCUT2D eigenvalue weighted by Gasteiger charge is -2.28. The zero-order chi connectivity index (χ0) is 20.4. The van der Waals surface area contributed by atoms with E-state index < -0.39 is 0 Å². The Hall–Kier alpha value is -2.41. The van der Waals surface area contributed by atoms with E-state index in [1.807, 2.05) is 18.2 Å². The number of aromatic nitrogens is 2. The van der Waals surface area contributed by atoms with E-state index in [-0.39, 0.29) is 24.5 Å². The van der Waals surface area contributed by atoms with E-state index in [4.69, 9.17) is 17.0 Å². The standard InChI is InChI=1S/C21H28N4O2S/c1-13(2)25-14(3)12-16(15(25)4)20-19(17-8-6-7-10-22-17)23-21(28)24(20)11-9-18(26)27-5/h6-8,10,12-13,19-20H,9,11H2,1-5H3,(H,23,28)/t19-,20-/m1/s1. The first-order chi connectivity index (χ1) is 13.3. The van der Waals surface area contributed by atoms with E-state index in [1.165, 1.54) is 24.1 Å². The third-order valence-electron chi connectivity index (χ3n) is 5.34. The molecule has 0 radical (unpaired) electrons. The summed E-state index contributed by atoms with van der Waals surface area (Å²) >= 11 is 5.65. The van der Waals surface area contributed by atoms with Gasteiger partial charge in [0.15, 0.2) is 5.11 Å². The zero-order valence-electron chi connectivity index (χ0n) is 17.1. The minimum absolute atomic E-state index is 0.0363. The molecule has 6 nitrogen and oxygen atoms in total. The molecule has 1 saturated heterocycles. The highest BCUT2D eigenvalue weighted by Crippen LogP contribution is 2.41. The van der Waals surface area contributed by atoms with Crippen molar-refractivity contribution in [2.45, 2.75) is 52.2 Å². The van der Waals surface area contributed by atoms with Crippen LogP contribution in [0.1, 0.15) is 61.0 Å². The second-order valence-electron chi connectivity index (χ2n) is 7.44. The largest absolute Gasteiger partial charge is 0.469 e. The Morgan fingerprint density at radius 1 is 1.36 bits per heavy atom. The molecule has 1 fully saturated rings. The highest BCUT2D eigenvalue weighted by Gasteiger charge is 2.41. The van der Waals surface area contributed by atoms with Crippen LogP contribution < -0.4 is 5.32 Å². The predicted octanol–water partition coefficient (Wildman–Crippen LogP) is 3.62. The van der Waals surface area contributed by atoms with Crippen LogP contribution in [0.5, 0.6) is 0 Å². The van der Waals surface area contributed by atoms with Gasteiger partial charge in [-0.25, -0.2) is 0 Å². The fourth-order valence-electron chi connectivity index (χ4n) is 4.20. The lowest BCUT2D eigenvalue weighted by Crippen LogP contribution is -2.32. The molecule has 0 aromatic carbocycles. The van der Waals surface area contributed by atoms with Gasteiger partial charge in [-0.15, -0.1) is 0 Å². The number of pyridine rings is 1. The Labute approximate surface area is 171 Å². The molecule has 0 saturated carbocycles. The number of nitrogens with zero attached hydrogens (tertiary/aromatic N) is 3. The molecule has 0 bridgehead atoms. The van der Waals surface area contributed by atoms with Crippen LogP contribution in [0.2, 0.25) is 0 Å². The molecule has 2 aromatic rings. The number of rotatable bonds is 6. The molecule has 1 aliphatic heterocycles. The van der Waals surface area contributed by atoms with Gasteiger partial charge in [0.1, 0.15) is 0 Å². The summed E-state index contributed by atoms with van der Waals surface area (Å²) in [7, 11) is 1.41. The van der Waals surface area contributed by atoms with Gasteiger partial charge in [-0.05, 0) is 63.7 Å². The van der Waals surface area contributed by atoms with Crippen LogP contribution in [-0.4, -0.2) is 39.2 Å². The minimum atomic E-state index is -0.240. The summed E-state index contributed by atoms with van der Waals surface area (Å²) in [6.07, 6.45) is 2.08. The van der Waals surface area contributed by atoms with Crippen LogP contribution in [0.3, 0.4) is 0 Å². The van der Waals surface area contributed by atoms with Crippen LogP contribution in [-0.2, 0) is 9.53 Å². The van der Waals surface area contributed by atoms with E-state index in [9.17, 15) is 4.79 Å². The van der Waals surface area contributed by atoms with Crippen molar-refractivity contribution >= 4 is 23.3 Å². The van der Waals surface area contributed by atoms with Gasteiger partial charge in [0.2, 0.25) is 0 Å². The van der Waals surface area contributed by atoms with Gasteiger partial charge in [0.25, 0.3) is 0 Å². The molecule has 150 valence electrons. The third kappa shape index (κ3) is 3.76. The normalized spacial score (nSPS) is 19.2. The number of nitrogens with one attached hydrogen (secondary N) is 1. The lowest BCUT2D eigenvalue weighted by atomic mass is 9.96. The molecule has 3 rings (SSSR count). The maximum Gasteiger partial charge on any atom is 0.307 e. The Kier molecular flexibility index (Phi) is 6.03. The summed E-state index contributed by atoms with van der Waals surface area (Å²) in [5.41, 5.74) is 4.57. The van der Waals surface area contributed by atoms with Crippen molar-refractivity contribution in [1.82, 2.24) is 19.8 Å². The molecule has 2 atom stereocenters. The Morgan fingerprint density at radius 2 is 2.11 bits per heavy atom. The summed E-state index contributed by atoms with van der Waals surface area (Å²) < 4.78 is 7.17. The van der Waals surface area contributed by atoms with Gasteiger partial charge in [0.05, 0.1) is 31.3 Å². The van der Waals surface area contributed by atoms with Crippen molar-refractivity contribution in [2.24, 2.45) is 0 Å². The number of ether oxygens (including phenoxy) is 1. The quantitative estimate of drug-likeness (QED) is 0.590. The first-order valence-corrected chi connectivity index (χ1v) is 9.99. The van der Waals surface area contributed by atoms with Gasteiger partial charge in [-0.2, -0.15) is 0 Å². The predicted molar refractivity (Wildman–Crippen MR) is 113 cm³/mol. The maximum atomic E-state index is 11.8. The number of thiocarbonyl (C=S) groups is 1. The number of esters is 1. The van der Waals surface area contributed by atoms with Crippen LogP contribution >= 0.6 is 12.2 Å². The molecule has 3 heterocycles. The Balaban J connectivity index is 2.05. The number of carbonyl (C=O) groups is 1. The summed E-state index contributed by atoms with van der Waals surface area (Å²) in [6.45, 7) is 9.15. The zero-order valence-corrected chi connectivity index (χ0v) is 17.9. The number of carbonyl (C=O) groups excluding carboxylic acids is 1. The van der Waals surface area contributed by atoms with Crippen LogP contribution in [0.15, 0.2) is 30.5 Å². The molecule has 0 amide bonds. The first-order valence-electron chi connectivity index (χ1n) is 9.58. The fourth-order valence-corrected chi connectivity index (χ4v) is 4.53. The van der Waals surface area contributed by atoms with Gasteiger partial charge in [0, 0.05) is 30.2 Å². The van der Waals surface area contributed by atoms with Gasteiger partial charge in [-0.1, -0.05) is 6.07 Å². The lowest BCUT2D eigenvalue weighted by molar-refractivity contribution is -0.140. The molecular weight excluding hydrogens is 372 g/mol. The highest BCUT2D eigenvalue weighted by atomic mass is 32.1. The van der Waals surface area contributed by atoms with Crippen molar-refractivity contribution in [3.8, 4) is 0 Å². The van der Waals surface area contributed by atoms with Gasteiger partial charge in [-0.3, -0.25) is 9.78 Å². The molecule has 28 heavy (non-hydrogen) atoms. The van der Waals surface area contributed by atoms with Crippen molar-refractivity contribution < 1.29 is 9.53 Å². The average Bonchev–Trinajstić information content (AvgIpc) is 3.15. The minimum Gasteiger partial charge on any atom is -0.469 e. The summed E-state index contributed by atoms with van der Waals surface area (Å²) in [4.78, 5) is 18.4. The summed E-state index contributed by atoms with van der Waals surface area (Å²) in [6, 6.07) is 8.39. The molecule has 1 N–H and O–H groups in total. The van der Waals surface area contributed by atoms with Crippen LogP contribution in [0, 0.1) is 13.8 Å². The molecule has 0 aliphatic carbocycles. The van der Waals surface area contributed by atoms with E-state index in [0.717, 1.165) is 5.69 Å². The number of methoxy groups -OCH3 is 1. The molecule has 1 aliphatic rings. The molecule has 0 spiro atoms. The van der Waals surface area contributed by atoms with Crippen LogP contribution in [0.25, 0.3) is 0 Å².